The number of nitrogens with zero attached hydrogens (tertiary/aromatic N) is 4. The van der Waals surface area contributed by atoms with Crippen LogP contribution in [0.4, 0.5) is 10.7 Å². The van der Waals surface area contributed by atoms with Gasteiger partial charge in [0.2, 0.25) is 5.95 Å². The van der Waals surface area contributed by atoms with Crippen LogP contribution in [-0.2, 0) is 11.3 Å². The first-order valence-corrected chi connectivity index (χ1v) is 13.7. The highest BCUT2D eigenvalue weighted by Gasteiger charge is 2.27. The molecule has 1 aliphatic rings. The van der Waals surface area contributed by atoms with E-state index < -0.39 is 5.60 Å². The van der Waals surface area contributed by atoms with Crippen LogP contribution in [0.25, 0.3) is 11.0 Å². The summed E-state index contributed by atoms with van der Waals surface area (Å²) < 4.78 is 13.4. The molecular weight excluding hydrogens is 494 g/mol. The number of nitrogens with one attached hydrogen (secondary N) is 1. The first-order valence-electron chi connectivity index (χ1n) is 13.7. The Bertz CT molecular complexity index is 1350. The molecule has 1 unspecified atom stereocenters. The Kier molecular flexibility index (Phi) is 8.18. The van der Waals surface area contributed by atoms with Crippen molar-refractivity contribution < 1.29 is 14.3 Å². The first-order chi connectivity index (χ1) is 18.3. The van der Waals surface area contributed by atoms with Crippen LogP contribution in [0.5, 0.6) is 5.75 Å². The maximum Gasteiger partial charge on any atom is 0.410 e. The zero-order valence-electron chi connectivity index (χ0n) is 24.2. The summed E-state index contributed by atoms with van der Waals surface area (Å²) in [7, 11) is 0. The number of hydrogen-bond donors (Lipinski definition) is 1. The highest BCUT2D eigenvalue weighted by atomic mass is 16.6. The van der Waals surface area contributed by atoms with E-state index in [0.717, 1.165) is 29.5 Å². The van der Waals surface area contributed by atoms with Crippen molar-refractivity contribution in [1.29, 1.82) is 0 Å². The molecule has 1 aliphatic heterocycles. The summed E-state index contributed by atoms with van der Waals surface area (Å²) in [6.45, 7) is 15.8. The Balaban J connectivity index is 1.36. The molecule has 3 heterocycles. The number of ether oxygens (including phenoxy) is 2. The molecule has 0 saturated carbocycles. The quantitative estimate of drug-likeness (QED) is 0.427. The normalized spacial score (nSPS) is 15.7. The van der Waals surface area contributed by atoms with Crippen molar-refractivity contribution >= 4 is 23.1 Å². The van der Waals surface area contributed by atoms with Gasteiger partial charge >= 0.3 is 6.09 Å². The molecule has 0 radical (unpaired) electrons. The summed E-state index contributed by atoms with van der Waals surface area (Å²) in [5, 5.41) is 4.19. The average molecular weight is 536 g/mol. The molecule has 210 valence electrons. The van der Waals surface area contributed by atoms with Gasteiger partial charge in [0.05, 0.1) is 6.04 Å². The monoisotopic (exact) mass is 535 g/mol. The van der Waals surface area contributed by atoms with E-state index in [4.69, 9.17) is 14.5 Å². The summed E-state index contributed by atoms with van der Waals surface area (Å²) in [4.78, 5) is 35.8. The maximum absolute atomic E-state index is 12.6. The lowest BCUT2D eigenvalue weighted by Crippen LogP contribution is -2.44. The Morgan fingerprint density at radius 1 is 1.05 bits per heavy atom. The number of fused-ring (bicyclic) bond motifs is 1. The van der Waals surface area contributed by atoms with E-state index in [-0.39, 0.29) is 29.2 Å². The number of carbonyl (C=O) groups excluding carboxylic acids is 1. The Hall–Kier alpha value is -3.62. The Morgan fingerprint density at radius 3 is 2.33 bits per heavy atom. The molecule has 1 atom stereocenters. The van der Waals surface area contributed by atoms with Gasteiger partial charge in [-0.3, -0.25) is 9.36 Å². The number of piperidine rings is 1. The van der Waals surface area contributed by atoms with Gasteiger partial charge in [-0.05, 0) is 56.9 Å². The third-order valence-electron chi connectivity index (χ3n) is 6.48. The molecule has 4 rings (SSSR count). The number of amides is 1. The lowest BCUT2D eigenvalue weighted by molar-refractivity contribution is 0.0126. The Labute approximate surface area is 230 Å². The predicted molar refractivity (Wildman–Crippen MR) is 153 cm³/mol. The Morgan fingerprint density at radius 2 is 1.72 bits per heavy atom. The van der Waals surface area contributed by atoms with Crippen LogP contribution in [0.15, 0.2) is 47.4 Å². The van der Waals surface area contributed by atoms with Crippen LogP contribution in [0.1, 0.15) is 72.9 Å². The second kappa shape index (κ2) is 11.2. The average Bonchev–Trinajstić information content (AvgIpc) is 2.85. The van der Waals surface area contributed by atoms with Gasteiger partial charge < -0.3 is 19.7 Å². The maximum atomic E-state index is 12.6. The summed E-state index contributed by atoms with van der Waals surface area (Å²) >= 11 is 0. The molecule has 2 aromatic heterocycles. The summed E-state index contributed by atoms with van der Waals surface area (Å²) in [6.07, 6.45) is 3.07. The fourth-order valence-electron chi connectivity index (χ4n) is 4.56. The fourth-order valence-corrected chi connectivity index (χ4v) is 4.56. The zero-order chi connectivity index (χ0) is 28.4. The van der Waals surface area contributed by atoms with Crippen LogP contribution < -0.4 is 15.6 Å². The molecule has 9 heteroatoms. The lowest BCUT2D eigenvalue weighted by Gasteiger charge is -2.33. The van der Waals surface area contributed by atoms with Crippen LogP contribution in [0.3, 0.4) is 0 Å². The molecule has 39 heavy (non-hydrogen) atoms. The molecule has 3 aromatic rings. The number of aromatic nitrogens is 3. The molecule has 1 aromatic carbocycles. The van der Waals surface area contributed by atoms with Crippen molar-refractivity contribution in [2.45, 2.75) is 85.6 Å². The van der Waals surface area contributed by atoms with Crippen LogP contribution in [0, 0.1) is 5.41 Å². The lowest BCUT2D eigenvalue weighted by atomic mass is 9.97. The molecule has 1 fully saturated rings. The second-order valence-electron chi connectivity index (χ2n) is 12.5. The van der Waals surface area contributed by atoms with Crippen molar-refractivity contribution in [3.63, 3.8) is 0 Å². The third kappa shape index (κ3) is 7.71. The number of anilines is 1. The van der Waals surface area contributed by atoms with Crippen LogP contribution in [-0.4, -0.2) is 50.3 Å². The van der Waals surface area contributed by atoms with E-state index >= 15 is 0 Å². The third-order valence-corrected chi connectivity index (χ3v) is 6.48. The summed E-state index contributed by atoms with van der Waals surface area (Å²) in [5.74, 6) is 1.27. The van der Waals surface area contributed by atoms with Crippen molar-refractivity contribution in [3.8, 4) is 5.75 Å². The molecule has 1 N–H and O–H groups in total. The fraction of sp³-hybridized carbons (Fsp3) is 0.533. The first kappa shape index (κ1) is 28.4. The van der Waals surface area contributed by atoms with E-state index in [2.05, 4.69) is 31.1 Å². The molecule has 0 aliphatic carbocycles. The molecule has 0 spiro atoms. The minimum Gasteiger partial charge on any atom is -0.490 e. The summed E-state index contributed by atoms with van der Waals surface area (Å²) in [6, 6.07) is 11.3. The minimum absolute atomic E-state index is 0.0555. The number of hydrogen-bond acceptors (Lipinski definition) is 7. The van der Waals surface area contributed by atoms with Crippen molar-refractivity contribution in [3.05, 3.63) is 58.5 Å². The molecule has 1 amide bonds. The van der Waals surface area contributed by atoms with E-state index in [1.54, 1.807) is 27.8 Å². The highest BCUT2D eigenvalue weighted by molar-refractivity contribution is 5.75. The zero-order valence-corrected chi connectivity index (χ0v) is 24.2. The SMILES string of the molecule is CC(Nc1ncc2ccc(=O)n(CC(C)(C)C)c2n1)c1ccc(OC2CCN(C(=O)OC(C)(C)C)CC2)cc1. The number of benzene rings is 1. The number of rotatable bonds is 6. The van der Waals surface area contributed by atoms with Gasteiger partial charge in [0.1, 0.15) is 23.1 Å². The van der Waals surface area contributed by atoms with Gasteiger partial charge in [0.25, 0.3) is 5.56 Å². The van der Waals surface area contributed by atoms with Gasteiger partial charge in [-0.15, -0.1) is 0 Å². The summed E-state index contributed by atoms with van der Waals surface area (Å²) in [5.41, 5.74) is 1.06. The van der Waals surface area contributed by atoms with Crippen LogP contribution in [0.2, 0.25) is 0 Å². The largest absolute Gasteiger partial charge is 0.490 e. The van der Waals surface area contributed by atoms with E-state index in [9.17, 15) is 9.59 Å². The standard InChI is InChI=1S/C30H41N5O4/c1-20(32-27-31-18-22-10-13-25(36)35(26(22)33-27)19-29(2,3)4)21-8-11-23(12-9-21)38-24-14-16-34(17-15-24)28(37)39-30(5,6)7/h8-13,18,20,24H,14-17,19H2,1-7H3,(H,31,32,33). The topological polar surface area (TPSA) is 98.6 Å². The van der Waals surface area contributed by atoms with E-state index in [1.165, 1.54) is 0 Å². The van der Waals surface area contributed by atoms with Gasteiger partial charge in [-0.1, -0.05) is 32.9 Å². The van der Waals surface area contributed by atoms with Crippen LogP contribution >= 0.6 is 0 Å². The van der Waals surface area contributed by atoms with E-state index in [1.807, 2.05) is 52.0 Å². The predicted octanol–water partition coefficient (Wildman–Crippen LogP) is 5.79. The number of carbonyl (C=O) groups is 1. The molecule has 1 saturated heterocycles. The van der Waals surface area contributed by atoms with Gasteiger partial charge in [-0.25, -0.2) is 9.78 Å². The van der Waals surface area contributed by atoms with E-state index in [0.29, 0.717) is 31.2 Å². The molecule has 9 nitrogen and oxygen atoms in total. The van der Waals surface area contributed by atoms with Gasteiger partial charge in [-0.2, -0.15) is 4.98 Å². The second-order valence-corrected chi connectivity index (χ2v) is 12.5. The highest BCUT2D eigenvalue weighted by Crippen LogP contribution is 2.25. The smallest absolute Gasteiger partial charge is 0.410 e. The van der Waals surface area contributed by atoms with Gasteiger partial charge in [0, 0.05) is 50.1 Å². The molecular formula is C30H41N5O4. The van der Waals surface area contributed by atoms with Crippen molar-refractivity contribution in [2.24, 2.45) is 5.41 Å². The molecule has 0 bridgehead atoms. The van der Waals surface area contributed by atoms with Crippen molar-refractivity contribution in [1.82, 2.24) is 19.4 Å². The van der Waals surface area contributed by atoms with Crippen molar-refractivity contribution in [2.75, 3.05) is 18.4 Å². The van der Waals surface area contributed by atoms with Gasteiger partial charge in [0.15, 0.2) is 0 Å². The number of likely N-dealkylation sites (tertiary alicyclic amines) is 1. The number of pyridine rings is 1. The minimum atomic E-state index is -0.493.